The molecule has 6 rings (SSSR count). The molecule has 1 unspecified atom stereocenters. The number of aromatic hydroxyl groups is 1. The molecule has 2 aromatic carbocycles. The summed E-state index contributed by atoms with van der Waals surface area (Å²) >= 11 is 0. The van der Waals surface area contributed by atoms with Gasteiger partial charge in [-0.25, -0.2) is 23.8 Å². The smallest absolute Gasteiger partial charge is 0.343 e. The van der Waals surface area contributed by atoms with Gasteiger partial charge in [-0.05, 0) is 56.4 Å². The molecule has 1 atom stereocenters. The molecule has 10 heteroatoms. The van der Waals surface area contributed by atoms with Crippen molar-refractivity contribution in [2.24, 2.45) is 0 Å². The molecule has 0 aliphatic carbocycles. The standard InChI is InChI=1S/C30H29FN6O3/c1-16(2)36-10-6-7-18(14-36)24-22-8-4-5-9-23(22)30(39)40-27(24)17(3)37-29-25(28(32)33-15-34-29)26(35-37)19-11-20(31)13-21(38)12-19/h4-5,7-9,11-13,15-17,38H,6,10,14H2,1-3H3,(H2,32,33,34). The van der Waals surface area contributed by atoms with E-state index in [1.165, 1.54) is 18.5 Å². The normalized spacial score (nSPS) is 15.2. The van der Waals surface area contributed by atoms with Crippen molar-refractivity contribution >= 4 is 33.2 Å². The SMILES string of the molecule is CC(C)N1CCC=C(c2c(C(C)n3nc(-c4cc(O)cc(F)c4)c4c(N)ncnc43)oc(=O)c3ccccc23)C1. The lowest BCUT2D eigenvalue weighted by molar-refractivity contribution is 0.247. The van der Waals surface area contributed by atoms with Crippen molar-refractivity contribution in [2.45, 2.75) is 39.3 Å². The summed E-state index contributed by atoms with van der Waals surface area (Å²) in [5.74, 6) is -0.272. The van der Waals surface area contributed by atoms with Crippen molar-refractivity contribution in [1.82, 2.24) is 24.6 Å². The van der Waals surface area contributed by atoms with E-state index >= 15 is 0 Å². The molecule has 1 aliphatic rings. The van der Waals surface area contributed by atoms with Gasteiger partial charge >= 0.3 is 5.63 Å². The summed E-state index contributed by atoms with van der Waals surface area (Å²) < 4.78 is 22.0. The number of halogens is 1. The number of rotatable bonds is 5. The Morgan fingerprint density at radius 1 is 1.10 bits per heavy atom. The first kappa shape index (κ1) is 25.7. The Labute approximate surface area is 229 Å². The van der Waals surface area contributed by atoms with Gasteiger partial charge in [0.2, 0.25) is 0 Å². The maximum absolute atomic E-state index is 14.3. The van der Waals surface area contributed by atoms with E-state index in [1.807, 2.05) is 25.1 Å². The number of hydrogen-bond donors (Lipinski definition) is 2. The summed E-state index contributed by atoms with van der Waals surface area (Å²) in [6.45, 7) is 7.86. The monoisotopic (exact) mass is 540 g/mol. The quantitative estimate of drug-likeness (QED) is 0.314. The number of fused-ring (bicyclic) bond motifs is 2. The van der Waals surface area contributed by atoms with E-state index in [0.29, 0.717) is 46.0 Å². The van der Waals surface area contributed by atoms with Crippen LogP contribution in [0.2, 0.25) is 0 Å². The topological polar surface area (TPSA) is 123 Å². The van der Waals surface area contributed by atoms with Gasteiger partial charge in [-0.3, -0.25) is 4.90 Å². The van der Waals surface area contributed by atoms with Crippen LogP contribution in [0.25, 0.3) is 38.6 Å². The van der Waals surface area contributed by atoms with E-state index in [9.17, 15) is 14.3 Å². The molecule has 3 N–H and O–H groups in total. The highest BCUT2D eigenvalue weighted by molar-refractivity contribution is 5.99. The zero-order chi connectivity index (χ0) is 28.1. The Balaban J connectivity index is 1.60. The maximum Gasteiger partial charge on any atom is 0.343 e. The number of hydrogen-bond acceptors (Lipinski definition) is 8. The van der Waals surface area contributed by atoms with Gasteiger partial charge in [0.25, 0.3) is 0 Å². The third-order valence-electron chi connectivity index (χ3n) is 7.52. The van der Waals surface area contributed by atoms with Gasteiger partial charge in [-0.15, -0.1) is 0 Å². The predicted molar refractivity (Wildman–Crippen MR) is 152 cm³/mol. The van der Waals surface area contributed by atoms with Crippen LogP contribution in [0.5, 0.6) is 5.75 Å². The lowest BCUT2D eigenvalue weighted by Gasteiger charge is -2.32. The van der Waals surface area contributed by atoms with Crippen LogP contribution in [0.4, 0.5) is 10.2 Å². The van der Waals surface area contributed by atoms with Crippen molar-refractivity contribution < 1.29 is 13.9 Å². The van der Waals surface area contributed by atoms with Gasteiger partial charge in [0, 0.05) is 36.3 Å². The summed E-state index contributed by atoms with van der Waals surface area (Å²) in [4.78, 5) is 24.2. The lowest BCUT2D eigenvalue weighted by atomic mass is 9.93. The number of benzene rings is 2. The Kier molecular flexibility index (Phi) is 6.34. The van der Waals surface area contributed by atoms with Crippen LogP contribution in [0.15, 0.2) is 64.1 Å². The second-order valence-electron chi connectivity index (χ2n) is 10.4. The molecule has 0 fully saturated rings. The second kappa shape index (κ2) is 9.87. The number of phenolic OH excluding ortho intramolecular Hbond substituents is 1. The fourth-order valence-electron chi connectivity index (χ4n) is 5.52. The molecule has 0 bridgehead atoms. The minimum Gasteiger partial charge on any atom is -0.508 e. The molecule has 0 radical (unpaired) electrons. The van der Waals surface area contributed by atoms with Gasteiger partial charge in [0.1, 0.15) is 41.2 Å². The number of phenols is 1. The number of nitrogen functional groups attached to an aromatic ring is 1. The zero-order valence-electron chi connectivity index (χ0n) is 22.4. The van der Waals surface area contributed by atoms with E-state index in [1.54, 1.807) is 10.7 Å². The first-order valence-electron chi connectivity index (χ1n) is 13.2. The molecule has 1 aliphatic heterocycles. The van der Waals surface area contributed by atoms with E-state index in [4.69, 9.17) is 15.2 Å². The van der Waals surface area contributed by atoms with Gasteiger partial charge in [0.05, 0.1) is 10.8 Å². The van der Waals surface area contributed by atoms with E-state index < -0.39 is 17.5 Å². The van der Waals surface area contributed by atoms with Crippen LogP contribution in [0.3, 0.4) is 0 Å². The molecule has 3 aromatic heterocycles. The Morgan fingerprint density at radius 3 is 2.62 bits per heavy atom. The van der Waals surface area contributed by atoms with Gasteiger partial charge < -0.3 is 15.3 Å². The second-order valence-corrected chi connectivity index (χ2v) is 10.4. The lowest BCUT2D eigenvalue weighted by Crippen LogP contribution is -2.35. The molecular formula is C30H29FN6O3. The Bertz CT molecular complexity index is 1840. The average Bonchev–Trinajstić information content (AvgIpc) is 3.33. The number of nitrogens with two attached hydrogens (primary N) is 1. The molecule has 0 saturated heterocycles. The first-order chi connectivity index (χ1) is 19.2. The van der Waals surface area contributed by atoms with Crippen LogP contribution >= 0.6 is 0 Å². The minimum atomic E-state index is -0.622. The minimum absolute atomic E-state index is 0.157. The van der Waals surface area contributed by atoms with Gasteiger partial charge in [-0.2, -0.15) is 5.10 Å². The summed E-state index contributed by atoms with van der Waals surface area (Å²) in [5, 5.41) is 16.6. The summed E-state index contributed by atoms with van der Waals surface area (Å²) in [5.41, 5.74) is 8.76. The van der Waals surface area contributed by atoms with E-state index in [2.05, 4.69) is 34.8 Å². The molecule has 0 saturated carbocycles. The van der Waals surface area contributed by atoms with E-state index in [0.717, 1.165) is 35.6 Å². The number of nitrogens with zero attached hydrogens (tertiary/aromatic N) is 5. The van der Waals surface area contributed by atoms with Crippen LogP contribution in [0.1, 0.15) is 44.6 Å². The van der Waals surface area contributed by atoms with Crippen LogP contribution < -0.4 is 11.4 Å². The number of aromatic nitrogens is 4. The van der Waals surface area contributed by atoms with Crippen molar-refractivity contribution in [3.8, 4) is 17.0 Å². The van der Waals surface area contributed by atoms with Gasteiger partial charge in [-0.1, -0.05) is 24.3 Å². The van der Waals surface area contributed by atoms with Gasteiger partial charge in [0.15, 0.2) is 5.65 Å². The van der Waals surface area contributed by atoms with Crippen molar-refractivity contribution in [2.75, 3.05) is 18.8 Å². The van der Waals surface area contributed by atoms with Crippen molar-refractivity contribution in [1.29, 1.82) is 0 Å². The predicted octanol–water partition coefficient (Wildman–Crippen LogP) is 5.13. The largest absolute Gasteiger partial charge is 0.508 e. The molecule has 0 amide bonds. The first-order valence-corrected chi connectivity index (χ1v) is 13.2. The fraction of sp³-hybridized carbons (Fsp3) is 0.267. The molecule has 4 heterocycles. The molecule has 5 aromatic rings. The van der Waals surface area contributed by atoms with E-state index in [-0.39, 0.29) is 11.6 Å². The molecule has 40 heavy (non-hydrogen) atoms. The average molecular weight is 541 g/mol. The molecule has 0 spiro atoms. The highest BCUT2D eigenvalue weighted by atomic mass is 19.1. The van der Waals surface area contributed by atoms with Crippen LogP contribution in [-0.4, -0.2) is 48.9 Å². The highest BCUT2D eigenvalue weighted by Gasteiger charge is 2.29. The zero-order valence-corrected chi connectivity index (χ0v) is 22.4. The molecule has 9 nitrogen and oxygen atoms in total. The molecular weight excluding hydrogens is 511 g/mol. The Hall–Kier alpha value is -4.57. The summed E-state index contributed by atoms with van der Waals surface area (Å²) in [7, 11) is 0. The number of anilines is 1. The Morgan fingerprint density at radius 2 is 1.88 bits per heavy atom. The third kappa shape index (κ3) is 4.30. The van der Waals surface area contributed by atoms with Crippen LogP contribution in [-0.2, 0) is 0 Å². The summed E-state index contributed by atoms with van der Waals surface area (Å²) in [6, 6.07) is 10.9. The fourth-order valence-corrected chi connectivity index (χ4v) is 5.52. The van der Waals surface area contributed by atoms with Crippen molar-refractivity contribution in [3.05, 3.63) is 82.4 Å². The third-order valence-corrected chi connectivity index (χ3v) is 7.52. The summed E-state index contributed by atoms with van der Waals surface area (Å²) in [6.07, 6.45) is 4.41. The van der Waals surface area contributed by atoms with Crippen molar-refractivity contribution in [3.63, 3.8) is 0 Å². The highest BCUT2D eigenvalue weighted by Crippen LogP contribution is 2.38. The van der Waals surface area contributed by atoms with Crippen LogP contribution in [0, 0.1) is 5.82 Å². The maximum atomic E-state index is 14.3. The molecule has 204 valence electrons.